The summed E-state index contributed by atoms with van der Waals surface area (Å²) in [5.74, 6) is 0.275. The van der Waals surface area contributed by atoms with Gasteiger partial charge in [-0.15, -0.1) is 0 Å². The first-order valence-electron chi connectivity index (χ1n) is 8.69. The molecule has 2 aliphatic heterocycles. The monoisotopic (exact) mass is 313 g/mol. The van der Waals surface area contributed by atoms with E-state index in [4.69, 9.17) is 4.42 Å². The lowest BCUT2D eigenvalue weighted by Gasteiger charge is -2.34. The van der Waals surface area contributed by atoms with Crippen molar-refractivity contribution in [2.45, 2.75) is 51.1 Å². The van der Waals surface area contributed by atoms with E-state index in [-0.39, 0.29) is 5.91 Å². The van der Waals surface area contributed by atoms with Crippen LogP contribution in [0.2, 0.25) is 0 Å². The molecule has 5 nitrogen and oxygen atoms in total. The summed E-state index contributed by atoms with van der Waals surface area (Å²) in [5.41, 5.74) is 1.74. The van der Waals surface area contributed by atoms with Gasteiger partial charge < -0.3 is 14.2 Å². The van der Waals surface area contributed by atoms with E-state index in [9.17, 15) is 4.79 Å². The van der Waals surface area contributed by atoms with Gasteiger partial charge in [0, 0.05) is 19.5 Å². The quantitative estimate of drug-likeness (QED) is 0.873. The summed E-state index contributed by atoms with van der Waals surface area (Å²) in [7, 11) is 0. The Kier molecular flexibility index (Phi) is 3.71. The zero-order chi connectivity index (χ0) is 15.8. The SMILES string of the molecule is CCC(=O)N1CCC[C@H]1[C@@H]1CCCN1c1nc2ccccc2o1. The Morgan fingerprint density at radius 2 is 2.00 bits per heavy atom. The second-order valence-electron chi connectivity index (χ2n) is 6.52. The molecular formula is C18H23N3O2. The standard InChI is InChI=1S/C18H23N3O2/c1-2-17(22)20-11-5-8-14(20)15-9-6-12-21(15)18-19-13-7-3-4-10-16(13)23-18/h3-4,7,10,14-15H,2,5-6,8-9,11-12H2,1H3/t14-,15-/m0/s1. The number of hydrogen-bond donors (Lipinski definition) is 0. The Hall–Kier alpha value is -2.04. The third-order valence-electron chi connectivity index (χ3n) is 5.19. The fourth-order valence-corrected chi connectivity index (χ4v) is 4.12. The van der Waals surface area contributed by atoms with Crippen LogP contribution in [0, 0.1) is 0 Å². The molecule has 0 aliphatic carbocycles. The molecule has 2 atom stereocenters. The molecule has 0 spiro atoms. The van der Waals surface area contributed by atoms with Gasteiger partial charge in [0.2, 0.25) is 5.91 Å². The van der Waals surface area contributed by atoms with Crippen LogP contribution in [0.15, 0.2) is 28.7 Å². The van der Waals surface area contributed by atoms with Crippen LogP contribution in [-0.4, -0.2) is 41.0 Å². The molecule has 2 aromatic rings. The first kappa shape index (κ1) is 14.5. The van der Waals surface area contributed by atoms with Gasteiger partial charge in [-0.2, -0.15) is 4.98 Å². The van der Waals surface area contributed by atoms with Crippen molar-refractivity contribution in [3.63, 3.8) is 0 Å². The van der Waals surface area contributed by atoms with Gasteiger partial charge in [-0.25, -0.2) is 0 Å². The van der Waals surface area contributed by atoms with Crippen molar-refractivity contribution in [2.75, 3.05) is 18.0 Å². The fourth-order valence-electron chi connectivity index (χ4n) is 4.12. The van der Waals surface area contributed by atoms with Crippen molar-refractivity contribution in [2.24, 2.45) is 0 Å². The van der Waals surface area contributed by atoms with Gasteiger partial charge in [-0.3, -0.25) is 4.79 Å². The normalized spacial score (nSPS) is 24.7. The van der Waals surface area contributed by atoms with Crippen LogP contribution in [0.1, 0.15) is 39.0 Å². The maximum absolute atomic E-state index is 12.2. The van der Waals surface area contributed by atoms with E-state index in [0.29, 0.717) is 24.5 Å². The average Bonchev–Trinajstić information content (AvgIpc) is 3.29. The Morgan fingerprint density at radius 1 is 1.22 bits per heavy atom. The van der Waals surface area contributed by atoms with E-state index in [1.165, 1.54) is 0 Å². The maximum Gasteiger partial charge on any atom is 0.298 e. The number of amides is 1. The van der Waals surface area contributed by atoms with Crippen LogP contribution in [0.4, 0.5) is 6.01 Å². The fraction of sp³-hybridized carbons (Fsp3) is 0.556. The second kappa shape index (κ2) is 5.87. The molecule has 2 saturated heterocycles. The van der Waals surface area contributed by atoms with Crippen LogP contribution in [0.25, 0.3) is 11.1 Å². The van der Waals surface area contributed by atoms with Crippen LogP contribution in [-0.2, 0) is 4.79 Å². The Labute approximate surface area is 136 Å². The lowest BCUT2D eigenvalue weighted by molar-refractivity contribution is -0.132. The lowest BCUT2D eigenvalue weighted by atomic mass is 10.0. The highest BCUT2D eigenvalue weighted by Gasteiger charge is 2.40. The zero-order valence-corrected chi connectivity index (χ0v) is 13.6. The Balaban J connectivity index is 1.62. The number of nitrogens with zero attached hydrogens (tertiary/aromatic N) is 3. The van der Waals surface area contributed by atoms with Crippen molar-refractivity contribution >= 4 is 23.0 Å². The zero-order valence-electron chi connectivity index (χ0n) is 13.6. The topological polar surface area (TPSA) is 49.6 Å². The predicted octanol–water partition coefficient (Wildman–Crippen LogP) is 3.20. The summed E-state index contributed by atoms with van der Waals surface area (Å²) >= 11 is 0. The van der Waals surface area contributed by atoms with E-state index >= 15 is 0 Å². The minimum Gasteiger partial charge on any atom is -0.423 e. The summed E-state index contributed by atoms with van der Waals surface area (Å²) in [6.07, 6.45) is 5.03. The predicted molar refractivity (Wildman–Crippen MR) is 89.4 cm³/mol. The highest BCUT2D eigenvalue weighted by molar-refractivity contribution is 5.77. The van der Waals surface area contributed by atoms with Gasteiger partial charge in [-0.1, -0.05) is 19.1 Å². The van der Waals surface area contributed by atoms with Crippen LogP contribution in [0.3, 0.4) is 0 Å². The first-order valence-corrected chi connectivity index (χ1v) is 8.69. The highest BCUT2D eigenvalue weighted by Crippen LogP contribution is 2.34. The van der Waals surface area contributed by atoms with Crippen molar-refractivity contribution in [3.05, 3.63) is 24.3 Å². The number of aromatic nitrogens is 1. The van der Waals surface area contributed by atoms with Crippen LogP contribution >= 0.6 is 0 Å². The number of anilines is 1. The van der Waals surface area contributed by atoms with Gasteiger partial charge in [-0.05, 0) is 37.8 Å². The minimum absolute atomic E-state index is 0.275. The van der Waals surface area contributed by atoms with E-state index in [1.807, 2.05) is 31.2 Å². The molecule has 122 valence electrons. The third-order valence-corrected chi connectivity index (χ3v) is 5.19. The number of rotatable bonds is 3. The lowest BCUT2D eigenvalue weighted by Crippen LogP contribution is -2.48. The molecule has 5 heteroatoms. The molecule has 2 aliphatic rings. The molecular weight excluding hydrogens is 290 g/mol. The number of oxazole rings is 1. The summed E-state index contributed by atoms with van der Waals surface area (Å²) < 4.78 is 5.98. The van der Waals surface area contributed by atoms with E-state index in [2.05, 4.69) is 14.8 Å². The molecule has 1 aromatic carbocycles. The number of benzene rings is 1. The van der Waals surface area contributed by atoms with Crippen molar-refractivity contribution in [1.82, 2.24) is 9.88 Å². The molecule has 0 N–H and O–H groups in total. The van der Waals surface area contributed by atoms with E-state index in [0.717, 1.165) is 49.9 Å². The molecule has 0 bridgehead atoms. The molecule has 0 unspecified atom stereocenters. The maximum atomic E-state index is 12.2. The van der Waals surface area contributed by atoms with Crippen LogP contribution < -0.4 is 4.90 Å². The van der Waals surface area contributed by atoms with Gasteiger partial charge in [0.05, 0.1) is 12.1 Å². The molecule has 4 rings (SSSR count). The van der Waals surface area contributed by atoms with Gasteiger partial charge in [0.1, 0.15) is 5.52 Å². The number of carbonyl (C=O) groups is 1. The molecule has 3 heterocycles. The summed E-state index contributed by atoms with van der Waals surface area (Å²) in [4.78, 5) is 21.3. The molecule has 0 saturated carbocycles. The smallest absolute Gasteiger partial charge is 0.298 e. The van der Waals surface area contributed by atoms with Gasteiger partial charge >= 0.3 is 0 Å². The number of hydrogen-bond acceptors (Lipinski definition) is 4. The Bertz CT molecular complexity index is 678. The molecule has 1 amide bonds. The number of fused-ring (bicyclic) bond motifs is 1. The molecule has 1 aromatic heterocycles. The van der Waals surface area contributed by atoms with Crippen molar-refractivity contribution in [3.8, 4) is 0 Å². The summed E-state index contributed by atoms with van der Waals surface area (Å²) in [6, 6.07) is 9.24. The van der Waals surface area contributed by atoms with Crippen molar-refractivity contribution < 1.29 is 9.21 Å². The molecule has 2 fully saturated rings. The van der Waals surface area contributed by atoms with E-state index < -0.39 is 0 Å². The summed E-state index contributed by atoms with van der Waals surface area (Å²) in [5, 5.41) is 0. The van der Waals surface area contributed by atoms with Crippen molar-refractivity contribution in [1.29, 1.82) is 0 Å². The number of para-hydroxylation sites is 2. The molecule has 23 heavy (non-hydrogen) atoms. The third kappa shape index (κ3) is 2.48. The highest BCUT2D eigenvalue weighted by atomic mass is 16.4. The minimum atomic E-state index is 0.275. The largest absolute Gasteiger partial charge is 0.423 e. The number of carbonyl (C=O) groups excluding carboxylic acids is 1. The summed E-state index contributed by atoms with van der Waals surface area (Å²) in [6.45, 7) is 3.81. The molecule has 0 radical (unpaired) electrons. The second-order valence-corrected chi connectivity index (χ2v) is 6.52. The number of likely N-dealkylation sites (tertiary alicyclic amines) is 1. The van der Waals surface area contributed by atoms with Crippen LogP contribution in [0.5, 0.6) is 0 Å². The first-order chi connectivity index (χ1) is 11.3. The Morgan fingerprint density at radius 3 is 2.83 bits per heavy atom. The average molecular weight is 313 g/mol. The van der Waals surface area contributed by atoms with E-state index in [1.54, 1.807) is 0 Å². The van der Waals surface area contributed by atoms with Gasteiger partial charge in [0.25, 0.3) is 6.01 Å². The van der Waals surface area contributed by atoms with Gasteiger partial charge in [0.15, 0.2) is 5.58 Å².